The lowest BCUT2D eigenvalue weighted by Gasteiger charge is -2.16. The first-order valence-electron chi connectivity index (χ1n) is 6.37. The van der Waals surface area contributed by atoms with E-state index in [9.17, 15) is 9.59 Å². The van der Waals surface area contributed by atoms with E-state index in [2.05, 4.69) is 11.9 Å². The molecular weight excluding hydrogens is 240 g/mol. The molecule has 0 aliphatic carbocycles. The van der Waals surface area contributed by atoms with Crippen LogP contribution in [0.15, 0.2) is 36.9 Å². The zero-order valence-corrected chi connectivity index (χ0v) is 11.1. The van der Waals surface area contributed by atoms with Gasteiger partial charge in [0.25, 0.3) is 0 Å². The molecule has 1 fully saturated rings. The minimum atomic E-state index is -0.270. The number of benzene rings is 1. The number of hydrogen-bond acceptors (Lipinski definition) is 2. The monoisotopic (exact) mass is 258 g/mol. The summed E-state index contributed by atoms with van der Waals surface area (Å²) in [5.74, 6) is -0.348. The van der Waals surface area contributed by atoms with Crippen molar-refractivity contribution in [2.45, 2.75) is 13.3 Å². The third-order valence-electron chi connectivity index (χ3n) is 3.26. The molecule has 0 radical (unpaired) electrons. The van der Waals surface area contributed by atoms with Gasteiger partial charge in [0, 0.05) is 25.2 Å². The molecule has 4 heteroatoms. The van der Waals surface area contributed by atoms with Gasteiger partial charge >= 0.3 is 0 Å². The van der Waals surface area contributed by atoms with Gasteiger partial charge in [-0.3, -0.25) is 9.59 Å². The van der Waals surface area contributed by atoms with E-state index < -0.39 is 0 Å². The lowest BCUT2D eigenvalue weighted by Crippen LogP contribution is -2.32. The minimum absolute atomic E-state index is 0.00241. The molecule has 1 aromatic carbocycles. The molecule has 1 N–H and O–H groups in total. The van der Waals surface area contributed by atoms with Crippen LogP contribution in [0.4, 0.5) is 5.69 Å². The first kappa shape index (κ1) is 13.3. The molecule has 1 atom stereocenters. The molecule has 0 bridgehead atoms. The highest BCUT2D eigenvalue weighted by atomic mass is 16.2. The van der Waals surface area contributed by atoms with Crippen LogP contribution in [0.3, 0.4) is 0 Å². The number of anilines is 1. The molecule has 100 valence electrons. The molecule has 1 aromatic rings. The summed E-state index contributed by atoms with van der Waals surface area (Å²) in [6, 6.07) is 7.76. The highest BCUT2D eigenvalue weighted by Crippen LogP contribution is 2.25. The van der Waals surface area contributed by atoms with Crippen molar-refractivity contribution in [1.29, 1.82) is 0 Å². The van der Waals surface area contributed by atoms with Crippen LogP contribution < -0.4 is 10.2 Å². The van der Waals surface area contributed by atoms with Crippen LogP contribution in [0.2, 0.25) is 0 Å². The molecule has 0 spiro atoms. The quantitative estimate of drug-likeness (QED) is 0.835. The maximum atomic E-state index is 12.0. The molecule has 0 unspecified atom stereocenters. The SMILES string of the molecule is C=CCNC(=O)[C@H]1CC(=O)N(c2ccc(C)cc2)C1. The summed E-state index contributed by atoms with van der Waals surface area (Å²) in [6.07, 6.45) is 1.91. The van der Waals surface area contributed by atoms with Crippen LogP contribution >= 0.6 is 0 Å². The van der Waals surface area contributed by atoms with E-state index in [-0.39, 0.29) is 24.2 Å². The molecule has 1 aliphatic heterocycles. The smallest absolute Gasteiger partial charge is 0.227 e. The van der Waals surface area contributed by atoms with Crippen molar-refractivity contribution in [2.75, 3.05) is 18.0 Å². The van der Waals surface area contributed by atoms with E-state index >= 15 is 0 Å². The second kappa shape index (κ2) is 5.69. The van der Waals surface area contributed by atoms with Crippen molar-refractivity contribution in [1.82, 2.24) is 5.32 Å². The number of nitrogens with one attached hydrogen (secondary N) is 1. The van der Waals surface area contributed by atoms with Crippen molar-refractivity contribution >= 4 is 17.5 Å². The molecule has 4 nitrogen and oxygen atoms in total. The van der Waals surface area contributed by atoms with Gasteiger partial charge in [-0.2, -0.15) is 0 Å². The summed E-state index contributed by atoms with van der Waals surface area (Å²) in [5.41, 5.74) is 2.00. The Labute approximate surface area is 113 Å². The summed E-state index contributed by atoms with van der Waals surface area (Å²) in [6.45, 7) is 6.44. The second-order valence-corrected chi connectivity index (χ2v) is 4.77. The number of amides is 2. The Bertz CT molecular complexity index is 493. The Hall–Kier alpha value is -2.10. The molecule has 0 saturated carbocycles. The van der Waals surface area contributed by atoms with Gasteiger partial charge in [-0.1, -0.05) is 23.8 Å². The predicted molar refractivity (Wildman–Crippen MR) is 74.8 cm³/mol. The lowest BCUT2D eigenvalue weighted by atomic mass is 10.1. The molecule has 19 heavy (non-hydrogen) atoms. The van der Waals surface area contributed by atoms with Gasteiger partial charge in [0.2, 0.25) is 11.8 Å². The number of rotatable bonds is 4. The maximum absolute atomic E-state index is 12.0. The Kier molecular flexibility index (Phi) is 4.00. The highest BCUT2D eigenvalue weighted by Gasteiger charge is 2.34. The summed E-state index contributed by atoms with van der Waals surface area (Å²) in [4.78, 5) is 25.5. The predicted octanol–water partition coefficient (Wildman–Crippen LogP) is 1.65. The average Bonchev–Trinajstić information content (AvgIpc) is 2.79. The Morgan fingerprint density at radius 1 is 1.47 bits per heavy atom. The highest BCUT2D eigenvalue weighted by molar-refractivity contribution is 6.00. The fourth-order valence-electron chi connectivity index (χ4n) is 2.17. The van der Waals surface area contributed by atoms with Crippen molar-refractivity contribution in [2.24, 2.45) is 5.92 Å². The first-order chi connectivity index (χ1) is 9.11. The van der Waals surface area contributed by atoms with E-state index in [4.69, 9.17) is 0 Å². The topological polar surface area (TPSA) is 49.4 Å². The van der Waals surface area contributed by atoms with E-state index in [1.807, 2.05) is 31.2 Å². The van der Waals surface area contributed by atoms with E-state index in [1.165, 1.54) is 0 Å². The van der Waals surface area contributed by atoms with Crippen LogP contribution in [-0.2, 0) is 9.59 Å². The normalized spacial score (nSPS) is 18.5. The van der Waals surface area contributed by atoms with Crippen molar-refractivity contribution < 1.29 is 9.59 Å². The van der Waals surface area contributed by atoms with E-state index in [1.54, 1.807) is 11.0 Å². The van der Waals surface area contributed by atoms with Gasteiger partial charge in [-0.05, 0) is 19.1 Å². The van der Waals surface area contributed by atoms with Gasteiger partial charge < -0.3 is 10.2 Å². The zero-order valence-electron chi connectivity index (χ0n) is 11.1. The van der Waals surface area contributed by atoms with Crippen LogP contribution in [0.1, 0.15) is 12.0 Å². The first-order valence-corrected chi connectivity index (χ1v) is 6.37. The lowest BCUT2D eigenvalue weighted by molar-refractivity contribution is -0.126. The average molecular weight is 258 g/mol. The van der Waals surface area contributed by atoms with Gasteiger partial charge in [0.15, 0.2) is 0 Å². The molecule has 1 saturated heterocycles. The molecule has 2 rings (SSSR count). The van der Waals surface area contributed by atoms with Gasteiger partial charge in [-0.25, -0.2) is 0 Å². The number of aryl methyl sites for hydroxylation is 1. The summed E-state index contributed by atoms with van der Waals surface area (Å²) in [5, 5.41) is 2.74. The van der Waals surface area contributed by atoms with Crippen molar-refractivity contribution in [3.05, 3.63) is 42.5 Å². The summed E-state index contributed by atoms with van der Waals surface area (Å²) >= 11 is 0. The maximum Gasteiger partial charge on any atom is 0.227 e. The van der Waals surface area contributed by atoms with Gasteiger partial charge in [-0.15, -0.1) is 6.58 Å². The van der Waals surface area contributed by atoms with E-state index in [0.29, 0.717) is 13.1 Å². The summed E-state index contributed by atoms with van der Waals surface area (Å²) in [7, 11) is 0. The molecule has 2 amide bonds. The second-order valence-electron chi connectivity index (χ2n) is 4.77. The van der Waals surface area contributed by atoms with Crippen LogP contribution in [0.25, 0.3) is 0 Å². The number of carbonyl (C=O) groups excluding carboxylic acids is 2. The number of carbonyl (C=O) groups is 2. The van der Waals surface area contributed by atoms with E-state index in [0.717, 1.165) is 11.3 Å². The Morgan fingerprint density at radius 2 is 2.16 bits per heavy atom. The minimum Gasteiger partial charge on any atom is -0.352 e. The van der Waals surface area contributed by atoms with Gasteiger partial charge in [0.1, 0.15) is 0 Å². The standard InChI is InChI=1S/C15H18N2O2/c1-3-8-16-15(19)12-9-14(18)17(10-12)13-6-4-11(2)5-7-13/h3-7,12H,1,8-10H2,2H3,(H,16,19)/t12-/m0/s1. The Morgan fingerprint density at radius 3 is 2.79 bits per heavy atom. The molecule has 0 aromatic heterocycles. The zero-order chi connectivity index (χ0) is 13.8. The third-order valence-corrected chi connectivity index (χ3v) is 3.26. The van der Waals surface area contributed by atoms with Crippen LogP contribution in [0.5, 0.6) is 0 Å². The van der Waals surface area contributed by atoms with Gasteiger partial charge in [0.05, 0.1) is 5.92 Å². The largest absolute Gasteiger partial charge is 0.352 e. The number of hydrogen-bond donors (Lipinski definition) is 1. The fourth-order valence-corrected chi connectivity index (χ4v) is 2.17. The van der Waals surface area contributed by atoms with Crippen LogP contribution in [0, 0.1) is 12.8 Å². The number of nitrogens with zero attached hydrogens (tertiary/aromatic N) is 1. The fraction of sp³-hybridized carbons (Fsp3) is 0.333. The molecule has 1 heterocycles. The third kappa shape index (κ3) is 3.02. The van der Waals surface area contributed by atoms with Crippen molar-refractivity contribution in [3.63, 3.8) is 0 Å². The molecule has 1 aliphatic rings. The molecular formula is C15H18N2O2. The van der Waals surface area contributed by atoms with Crippen molar-refractivity contribution in [3.8, 4) is 0 Å². The Balaban J connectivity index is 2.05. The van der Waals surface area contributed by atoms with Crippen LogP contribution in [-0.4, -0.2) is 24.9 Å². The summed E-state index contributed by atoms with van der Waals surface area (Å²) < 4.78 is 0.